The first-order chi connectivity index (χ1) is 8.97. The highest BCUT2D eigenvalue weighted by molar-refractivity contribution is 6.42. The van der Waals surface area contributed by atoms with E-state index in [0.29, 0.717) is 27.1 Å². The zero-order valence-electron chi connectivity index (χ0n) is 9.65. The molecule has 0 spiro atoms. The summed E-state index contributed by atoms with van der Waals surface area (Å²) >= 11 is 11.7. The highest BCUT2D eigenvalue weighted by atomic mass is 35.5. The average Bonchev–Trinajstić information content (AvgIpc) is 2.33. The highest BCUT2D eigenvalue weighted by Gasteiger charge is 2.11. The minimum atomic E-state index is -1.04. The Hall–Kier alpha value is -1.91. The number of rotatable bonds is 3. The summed E-state index contributed by atoms with van der Waals surface area (Å²) < 4.78 is 0. The molecule has 0 fully saturated rings. The van der Waals surface area contributed by atoms with Gasteiger partial charge in [-0.25, -0.2) is 4.79 Å². The van der Waals surface area contributed by atoms with Crippen molar-refractivity contribution in [2.45, 2.75) is 0 Å². The number of nitrogen functional groups attached to an aromatic ring is 1. The summed E-state index contributed by atoms with van der Waals surface area (Å²) in [5.74, 6) is -1.04. The first kappa shape index (κ1) is 13.5. The van der Waals surface area contributed by atoms with Crippen LogP contribution in [0.3, 0.4) is 0 Å². The van der Waals surface area contributed by atoms with Gasteiger partial charge in [0, 0.05) is 11.4 Å². The molecule has 0 aliphatic heterocycles. The minimum absolute atomic E-state index is 0.125. The van der Waals surface area contributed by atoms with Crippen LogP contribution in [0.2, 0.25) is 10.0 Å². The van der Waals surface area contributed by atoms with E-state index >= 15 is 0 Å². The van der Waals surface area contributed by atoms with Crippen molar-refractivity contribution in [1.29, 1.82) is 0 Å². The van der Waals surface area contributed by atoms with Crippen LogP contribution in [0.1, 0.15) is 10.4 Å². The number of carboxylic acids is 1. The third-order valence-corrected chi connectivity index (χ3v) is 3.21. The molecule has 0 heterocycles. The molecule has 4 N–H and O–H groups in total. The summed E-state index contributed by atoms with van der Waals surface area (Å²) in [4.78, 5) is 11.1. The second-order valence-electron chi connectivity index (χ2n) is 3.86. The van der Waals surface area contributed by atoms with Gasteiger partial charge in [0.25, 0.3) is 0 Å². The number of aromatic carboxylic acids is 1. The molecule has 98 valence electrons. The SMILES string of the molecule is Nc1ccc(C(=O)O)c(Nc2ccc(Cl)c(Cl)c2)c1. The van der Waals surface area contributed by atoms with Gasteiger partial charge in [-0.3, -0.25) is 0 Å². The van der Waals surface area contributed by atoms with Gasteiger partial charge in [0.1, 0.15) is 0 Å². The molecule has 0 saturated heterocycles. The summed E-state index contributed by atoms with van der Waals surface area (Å²) in [5, 5.41) is 12.9. The van der Waals surface area contributed by atoms with Gasteiger partial charge in [-0.15, -0.1) is 0 Å². The van der Waals surface area contributed by atoms with Gasteiger partial charge in [-0.05, 0) is 36.4 Å². The van der Waals surface area contributed by atoms with Crippen LogP contribution in [-0.4, -0.2) is 11.1 Å². The fourth-order valence-electron chi connectivity index (χ4n) is 1.58. The smallest absolute Gasteiger partial charge is 0.337 e. The maximum Gasteiger partial charge on any atom is 0.337 e. The standard InChI is InChI=1S/C13H10Cl2N2O2/c14-10-4-2-8(6-11(10)15)17-12-5-7(16)1-3-9(12)13(18)19/h1-6,17H,16H2,(H,18,19). The van der Waals surface area contributed by atoms with Crippen molar-refractivity contribution in [2.75, 3.05) is 11.1 Å². The molecule has 0 aromatic heterocycles. The Morgan fingerprint density at radius 2 is 1.84 bits per heavy atom. The van der Waals surface area contributed by atoms with Gasteiger partial charge in [-0.1, -0.05) is 23.2 Å². The van der Waals surface area contributed by atoms with Crippen LogP contribution in [-0.2, 0) is 0 Å². The van der Waals surface area contributed by atoms with Crippen LogP contribution in [0.5, 0.6) is 0 Å². The molecule has 2 rings (SSSR count). The Balaban J connectivity index is 2.39. The Bertz CT molecular complexity index is 645. The lowest BCUT2D eigenvalue weighted by Crippen LogP contribution is -2.03. The van der Waals surface area contributed by atoms with Gasteiger partial charge in [-0.2, -0.15) is 0 Å². The molecule has 0 atom stereocenters. The van der Waals surface area contributed by atoms with E-state index in [-0.39, 0.29) is 5.56 Å². The quantitative estimate of drug-likeness (QED) is 0.748. The molecule has 0 aliphatic carbocycles. The summed E-state index contributed by atoms with van der Waals surface area (Å²) in [6, 6.07) is 9.45. The first-order valence-corrected chi connectivity index (χ1v) is 6.08. The topological polar surface area (TPSA) is 75.4 Å². The highest BCUT2D eigenvalue weighted by Crippen LogP contribution is 2.29. The van der Waals surface area contributed by atoms with Gasteiger partial charge in [0.15, 0.2) is 0 Å². The second kappa shape index (κ2) is 5.38. The number of benzene rings is 2. The van der Waals surface area contributed by atoms with Crippen LogP contribution in [0.25, 0.3) is 0 Å². The van der Waals surface area contributed by atoms with E-state index in [2.05, 4.69) is 5.32 Å². The Morgan fingerprint density at radius 1 is 1.11 bits per heavy atom. The minimum Gasteiger partial charge on any atom is -0.478 e. The van der Waals surface area contributed by atoms with Crippen molar-refractivity contribution >= 4 is 46.2 Å². The Labute approximate surface area is 119 Å². The van der Waals surface area contributed by atoms with Gasteiger partial charge in [0.2, 0.25) is 0 Å². The normalized spacial score (nSPS) is 10.2. The molecule has 0 radical (unpaired) electrons. The third-order valence-electron chi connectivity index (χ3n) is 2.47. The Kier molecular flexibility index (Phi) is 3.83. The zero-order valence-corrected chi connectivity index (χ0v) is 11.2. The van der Waals surface area contributed by atoms with E-state index in [1.54, 1.807) is 24.3 Å². The van der Waals surface area contributed by atoms with Crippen molar-refractivity contribution in [1.82, 2.24) is 0 Å². The summed E-state index contributed by atoms with van der Waals surface area (Å²) in [5.41, 5.74) is 7.27. The lowest BCUT2D eigenvalue weighted by Gasteiger charge is -2.11. The summed E-state index contributed by atoms with van der Waals surface area (Å²) in [7, 11) is 0. The molecule has 0 aliphatic rings. The van der Waals surface area contributed by atoms with E-state index in [9.17, 15) is 4.79 Å². The zero-order chi connectivity index (χ0) is 14.0. The molecule has 2 aromatic carbocycles. The van der Waals surface area contributed by atoms with Crippen molar-refractivity contribution in [3.05, 3.63) is 52.0 Å². The molecule has 4 nitrogen and oxygen atoms in total. The van der Waals surface area contributed by atoms with E-state index in [4.69, 9.17) is 34.0 Å². The third kappa shape index (κ3) is 3.10. The molecule has 0 unspecified atom stereocenters. The number of carbonyl (C=O) groups is 1. The molecule has 0 bridgehead atoms. The fourth-order valence-corrected chi connectivity index (χ4v) is 1.88. The van der Waals surface area contributed by atoms with Crippen LogP contribution in [0.4, 0.5) is 17.1 Å². The van der Waals surface area contributed by atoms with Crippen molar-refractivity contribution in [3.63, 3.8) is 0 Å². The van der Waals surface area contributed by atoms with Gasteiger partial charge < -0.3 is 16.2 Å². The lowest BCUT2D eigenvalue weighted by molar-refractivity contribution is 0.0698. The average molecular weight is 297 g/mol. The fraction of sp³-hybridized carbons (Fsp3) is 0. The first-order valence-electron chi connectivity index (χ1n) is 5.32. The summed E-state index contributed by atoms with van der Waals surface area (Å²) in [6.07, 6.45) is 0. The predicted molar refractivity (Wildman–Crippen MR) is 77.6 cm³/mol. The predicted octanol–water partition coefficient (Wildman–Crippen LogP) is 4.02. The molecule has 0 saturated carbocycles. The number of nitrogens with two attached hydrogens (primary N) is 1. The van der Waals surface area contributed by atoms with Crippen LogP contribution in [0.15, 0.2) is 36.4 Å². The monoisotopic (exact) mass is 296 g/mol. The van der Waals surface area contributed by atoms with Crippen LogP contribution < -0.4 is 11.1 Å². The number of hydrogen-bond acceptors (Lipinski definition) is 3. The van der Waals surface area contributed by atoms with Crippen LogP contribution in [0, 0.1) is 0 Å². The van der Waals surface area contributed by atoms with E-state index in [1.807, 2.05) is 0 Å². The van der Waals surface area contributed by atoms with Crippen molar-refractivity contribution in [2.24, 2.45) is 0 Å². The molecule has 0 amide bonds. The molecular weight excluding hydrogens is 287 g/mol. The molecular formula is C13H10Cl2N2O2. The van der Waals surface area contributed by atoms with Crippen LogP contribution >= 0.6 is 23.2 Å². The number of halogens is 2. The second-order valence-corrected chi connectivity index (χ2v) is 4.68. The molecule has 19 heavy (non-hydrogen) atoms. The molecule has 2 aromatic rings. The Morgan fingerprint density at radius 3 is 2.47 bits per heavy atom. The number of hydrogen-bond donors (Lipinski definition) is 3. The van der Waals surface area contributed by atoms with E-state index in [1.165, 1.54) is 12.1 Å². The van der Waals surface area contributed by atoms with Crippen molar-refractivity contribution in [3.8, 4) is 0 Å². The van der Waals surface area contributed by atoms with Gasteiger partial charge in [0.05, 0.1) is 21.3 Å². The largest absolute Gasteiger partial charge is 0.478 e. The maximum atomic E-state index is 11.1. The lowest BCUT2D eigenvalue weighted by atomic mass is 10.1. The van der Waals surface area contributed by atoms with E-state index in [0.717, 1.165) is 0 Å². The van der Waals surface area contributed by atoms with Crippen molar-refractivity contribution < 1.29 is 9.90 Å². The summed E-state index contributed by atoms with van der Waals surface area (Å²) in [6.45, 7) is 0. The van der Waals surface area contributed by atoms with Gasteiger partial charge >= 0.3 is 5.97 Å². The number of carboxylic acid groups (broad SMARTS) is 1. The number of nitrogens with one attached hydrogen (secondary N) is 1. The molecule has 6 heteroatoms. The van der Waals surface area contributed by atoms with E-state index < -0.39 is 5.97 Å². The maximum absolute atomic E-state index is 11.1. The number of anilines is 3.